The normalized spacial score (nSPS) is 11.1. The molecule has 0 aliphatic heterocycles. The molecular formula is C21H24FN3O. The minimum absolute atomic E-state index is 0.0674. The van der Waals surface area contributed by atoms with Crippen molar-refractivity contribution in [2.45, 2.75) is 26.7 Å². The third kappa shape index (κ3) is 3.47. The van der Waals surface area contributed by atoms with E-state index in [1.54, 1.807) is 12.1 Å². The molecule has 2 heterocycles. The predicted molar refractivity (Wildman–Crippen MR) is 103 cm³/mol. The summed E-state index contributed by atoms with van der Waals surface area (Å²) in [4.78, 5) is 19.7. The Morgan fingerprint density at radius 1 is 1.15 bits per heavy atom. The molecule has 1 amide bonds. The number of benzene rings is 1. The van der Waals surface area contributed by atoms with E-state index < -0.39 is 0 Å². The van der Waals surface area contributed by atoms with Crippen LogP contribution in [0.1, 0.15) is 37.0 Å². The Kier molecular flexibility index (Phi) is 5.35. The highest BCUT2D eigenvalue weighted by atomic mass is 19.1. The van der Waals surface area contributed by atoms with Gasteiger partial charge in [0.25, 0.3) is 5.91 Å². The van der Waals surface area contributed by atoms with Crippen LogP contribution >= 0.6 is 0 Å². The number of aromatic nitrogens is 2. The Morgan fingerprint density at radius 3 is 2.50 bits per heavy atom. The van der Waals surface area contributed by atoms with Crippen LogP contribution in [-0.4, -0.2) is 33.4 Å². The van der Waals surface area contributed by atoms with E-state index in [0.717, 1.165) is 18.5 Å². The molecule has 3 rings (SSSR count). The van der Waals surface area contributed by atoms with Gasteiger partial charge < -0.3 is 9.47 Å². The second kappa shape index (κ2) is 7.68. The first-order chi connectivity index (χ1) is 12.5. The summed E-state index contributed by atoms with van der Waals surface area (Å²) in [7, 11) is 1.94. The van der Waals surface area contributed by atoms with E-state index in [0.29, 0.717) is 35.2 Å². The zero-order chi connectivity index (χ0) is 18.7. The quantitative estimate of drug-likeness (QED) is 0.647. The molecule has 136 valence electrons. The topological polar surface area (TPSA) is 38.1 Å². The van der Waals surface area contributed by atoms with Gasteiger partial charge >= 0.3 is 0 Å². The monoisotopic (exact) mass is 353 g/mol. The van der Waals surface area contributed by atoms with E-state index in [2.05, 4.69) is 18.8 Å². The molecule has 26 heavy (non-hydrogen) atoms. The average molecular weight is 353 g/mol. The number of fused-ring (bicyclic) bond motifs is 1. The summed E-state index contributed by atoms with van der Waals surface area (Å²) in [5.74, 6) is -0.431. The second-order valence-electron chi connectivity index (χ2n) is 6.51. The molecule has 3 aromatic rings. The van der Waals surface area contributed by atoms with Crippen molar-refractivity contribution in [2.24, 2.45) is 7.05 Å². The SMILES string of the molecule is CCCN(CCC)C(=O)c1cc(-c2cccn2C)nc2ccc(F)cc12. The van der Waals surface area contributed by atoms with Gasteiger partial charge in [-0.25, -0.2) is 9.37 Å². The Labute approximate surface area is 153 Å². The molecule has 4 nitrogen and oxygen atoms in total. The number of aryl methyl sites for hydroxylation is 1. The van der Waals surface area contributed by atoms with Crippen molar-refractivity contribution in [2.75, 3.05) is 13.1 Å². The van der Waals surface area contributed by atoms with Crippen molar-refractivity contribution in [3.63, 3.8) is 0 Å². The van der Waals surface area contributed by atoms with Gasteiger partial charge in [-0.3, -0.25) is 4.79 Å². The number of nitrogens with zero attached hydrogens (tertiary/aromatic N) is 3. The first-order valence-electron chi connectivity index (χ1n) is 9.06. The van der Waals surface area contributed by atoms with Crippen LogP contribution in [0.5, 0.6) is 0 Å². The van der Waals surface area contributed by atoms with Gasteiger partial charge in [0.2, 0.25) is 0 Å². The number of hydrogen-bond donors (Lipinski definition) is 0. The molecule has 5 heteroatoms. The van der Waals surface area contributed by atoms with Crippen LogP contribution < -0.4 is 0 Å². The molecule has 0 radical (unpaired) electrons. The summed E-state index contributed by atoms with van der Waals surface area (Å²) in [6, 6.07) is 10.1. The van der Waals surface area contributed by atoms with Crippen LogP contribution in [0.15, 0.2) is 42.6 Å². The predicted octanol–water partition coefficient (Wildman–Crippen LogP) is 4.64. The molecule has 0 aliphatic rings. The van der Waals surface area contributed by atoms with E-state index >= 15 is 0 Å². The molecule has 0 bridgehead atoms. The van der Waals surface area contributed by atoms with Gasteiger partial charge in [0.1, 0.15) is 5.82 Å². The number of pyridine rings is 1. The number of carbonyl (C=O) groups is 1. The lowest BCUT2D eigenvalue weighted by atomic mass is 10.0. The zero-order valence-electron chi connectivity index (χ0n) is 15.5. The standard InChI is InChI=1S/C21H24FN3O/c1-4-10-25(11-5-2)21(26)17-14-19(20-7-6-12-24(20)3)23-18-9-8-15(22)13-16(17)18/h6-9,12-14H,4-5,10-11H2,1-3H3. The highest BCUT2D eigenvalue weighted by Gasteiger charge is 2.20. The number of carbonyl (C=O) groups excluding carboxylic acids is 1. The lowest BCUT2D eigenvalue weighted by Gasteiger charge is -2.22. The van der Waals surface area contributed by atoms with E-state index in [1.165, 1.54) is 12.1 Å². The first-order valence-corrected chi connectivity index (χ1v) is 9.06. The summed E-state index contributed by atoms with van der Waals surface area (Å²) in [6.45, 7) is 5.47. The van der Waals surface area contributed by atoms with Crippen LogP contribution in [0.2, 0.25) is 0 Å². The minimum Gasteiger partial charge on any atom is -0.349 e. The van der Waals surface area contributed by atoms with Gasteiger partial charge in [0.05, 0.1) is 22.5 Å². The van der Waals surface area contributed by atoms with Gasteiger partial charge in [-0.15, -0.1) is 0 Å². The molecule has 0 N–H and O–H groups in total. The molecule has 0 fully saturated rings. The number of halogens is 1. The fourth-order valence-electron chi connectivity index (χ4n) is 3.26. The van der Waals surface area contributed by atoms with E-state index in [-0.39, 0.29) is 11.7 Å². The van der Waals surface area contributed by atoms with Crippen LogP contribution in [0.3, 0.4) is 0 Å². The summed E-state index contributed by atoms with van der Waals surface area (Å²) in [5.41, 5.74) is 2.77. The Morgan fingerprint density at radius 2 is 1.88 bits per heavy atom. The minimum atomic E-state index is -0.363. The van der Waals surface area contributed by atoms with Gasteiger partial charge in [-0.2, -0.15) is 0 Å². The molecule has 0 unspecified atom stereocenters. The van der Waals surface area contributed by atoms with E-state index in [1.807, 2.05) is 34.8 Å². The Bertz CT molecular complexity index is 926. The van der Waals surface area contributed by atoms with Crippen LogP contribution in [-0.2, 0) is 7.05 Å². The molecule has 2 aromatic heterocycles. The van der Waals surface area contributed by atoms with Gasteiger partial charge in [-0.1, -0.05) is 13.8 Å². The Balaban J connectivity index is 2.19. The van der Waals surface area contributed by atoms with Crippen molar-refractivity contribution in [1.82, 2.24) is 14.5 Å². The van der Waals surface area contributed by atoms with Crippen LogP contribution in [0, 0.1) is 5.82 Å². The van der Waals surface area contributed by atoms with Gasteiger partial charge in [0.15, 0.2) is 0 Å². The lowest BCUT2D eigenvalue weighted by Crippen LogP contribution is -2.32. The highest BCUT2D eigenvalue weighted by molar-refractivity contribution is 6.07. The third-order valence-corrected chi connectivity index (χ3v) is 4.48. The number of hydrogen-bond acceptors (Lipinski definition) is 2. The van der Waals surface area contributed by atoms with Crippen LogP contribution in [0.25, 0.3) is 22.3 Å². The first kappa shape index (κ1) is 18.1. The molecule has 0 saturated carbocycles. The van der Waals surface area contributed by atoms with Gasteiger partial charge in [0, 0.05) is 31.7 Å². The van der Waals surface area contributed by atoms with Crippen molar-refractivity contribution >= 4 is 16.8 Å². The molecule has 1 aromatic carbocycles. The van der Waals surface area contributed by atoms with E-state index in [4.69, 9.17) is 0 Å². The van der Waals surface area contributed by atoms with Crippen molar-refractivity contribution in [3.8, 4) is 11.4 Å². The molecule has 0 aliphatic carbocycles. The fourth-order valence-corrected chi connectivity index (χ4v) is 3.26. The molecular weight excluding hydrogens is 329 g/mol. The summed E-state index contributed by atoms with van der Waals surface area (Å²) in [6.07, 6.45) is 3.70. The number of amides is 1. The highest BCUT2D eigenvalue weighted by Crippen LogP contribution is 2.27. The van der Waals surface area contributed by atoms with Crippen molar-refractivity contribution in [3.05, 3.63) is 54.0 Å². The van der Waals surface area contributed by atoms with Crippen LogP contribution in [0.4, 0.5) is 4.39 Å². The number of rotatable bonds is 6. The molecule has 0 saturated heterocycles. The van der Waals surface area contributed by atoms with Crippen molar-refractivity contribution < 1.29 is 9.18 Å². The summed E-state index contributed by atoms with van der Waals surface area (Å²) >= 11 is 0. The smallest absolute Gasteiger partial charge is 0.254 e. The Hall–Kier alpha value is -2.69. The summed E-state index contributed by atoms with van der Waals surface area (Å²) < 4.78 is 15.8. The molecule has 0 spiro atoms. The average Bonchev–Trinajstić information content (AvgIpc) is 3.06. The van der Waals surface area contributed by atoms with Gasteiger partial charge in [-0.05, 0) is 49.2 Å². The maximum atomic E-state index is 13.9. The van der Waals surface area contributed by atoms with E-state index in [9.17, 15) is 9.18 Å². The third-order valence-electron chi connectivity index (χ3n) is 4.48. The lowest BCUT2D eigenvalue weighted by molar-refractivity contribution is 0.0757. The maximum absolute atomic E-state index is 13.9. The zero-order valence-corrected chi connectivity index (χ0v) is 15.5. The maximum Gasteiger partial charge on any atom is 0.254 e. The second-order valence-corrected chi connectivity index (χ2v) is 6.51. The summed E-state index contributed by atoms with van der Waals surface area (Å²) in [5, 5.41) is 0.560. The molecule has 0 atom stereocenters. The fraction of sp³-hybridized carbons (Fsp3) is 0.333. The van der Waals surface area contributed by atoms with Crippen molar-refractivity contribution in [1.29, 1.82) is 0 Å². The largest absolute Gasteiger partial charge is 0.349 e.